The highest BCUT2D eigenvalue weighted by Crippen LogP contribution is 2.20. The molecule has 23 heavy (non-hydrogen) atoms. The van der Waals surface area contributed by atoms with E-state index >= 15 is 0 Å². The van der Waals surface area contributed by atoms with Gasteiger partial charge in [0, 0.05) is 11.9 Å². The molecule has 0 aliphatic carbocycles. The second-order valence-electron chi connectivity index (χ2n) is 4.82. The standard InChI is InChI=1S/C16H14BrCl2NO3/c1-23-16(22)11-4-2-10(3-5-11)6-7-20-14(9-17)12(18)8-13(19)15(20)21/h2-5,8H,6-7,9H2,1H3. The van der Waals surface area contributed by atoms with Gasteiger partial charge in [-0.05, 0) is 30.2 Å². The summed E-state index contributed by atoms with van der Waals surface area (Å²) in [5.41, 5.74) is 1.89. The Bertz CT molecular complexity index is 772. The molecule has 0 spiro atoms. The van der Waals surface area contributed by atoms with Crippen molar-refractivity contribution < 1.29 is 9.53 Å². The second kappa shape index (κ2) is 7.99. The number of hydrogen-bond acceptors (Lipinski definition) is 3. The first-order chi connectivity index (χ1) is 11.0. The van der Waals surface area contributed by atoms with Crippen LogP contribution in [0.4, 0.5) is 0 Å². The minimum atomic E-state index is -0.379. The molecule has 4 nitrogen and oxygen atoms in total. The van der Waals surface area contributed by atoms with Crippen LogP contribution in [0.25, 0.3) is 0 Å². The van der Waals surface area contributed by atoms with Crippen LogP contribution in [0.1, 0.15) is 21.6 Å². The van der Waals surface area contributed by atoms with Gasteiger partial charge in [-0.1, -0.05) is 51.3 Å². The van der Waals surface area contributed by atoms with Crippen molar-refractivity contribution >= 4 is 45.1 Å². The predicted molar refractivity (Wildman–Crippen MR) is 94.8 cm³/mol. The Hall–Kier alpha value is -1.30. The van der Waals surface area contributed by atoms with Gasteiger partial charge in [-0.3, -0.25) is 4.79 Å². The number of rotatable bonds is 5. The SMILES string of the molecule is COC(=O)c1ccc(CCn2c(CBr)c(Cl)cc(Cl)c2=O)cc1. The van der Waals surface area contributed by atoms with Crippen LogP contribution < -0.4 is 5.56 Å². The average molecular weight is 419 g/mol. The van der Waals surface area contributed by atoms with Crippen molar-refractivity contribution in [3.63, 3.8) is 0 Å². The van der Waals surface area contributed by atoms with Gasteiger partial charge in [-0.15, -0.1) is 0 Å². The molecule has 0 N–H and O–H groups in total. The fourth-order valence-corrected chi connectivity index (χ4v) is 3.49. The van der Waals surface area contributed by atoms with Crippen LogP contribution in [0.2, 0.25) is 10.0 Å². The minimum absolute atomic E-state index is 0.0979. The van der Waals surface area contributed by atoms with E-state index in [9.17, 15) is 9.59 Å². The molecule has 1 heterocycles. The quantitative estimate of drug-likeness (QED) is 0.542. The average Bonchev–Trinajstić information content (AvgIpc) is 2.56. The van der Waals surface area contributed by atoms with E-state index < -0.39 is 0 Å². The molecule has 2 aromatic rings. The van der Waals surface area contributed by atoms with E-state index in [1.54, 1.807) is 16.7 Å². The summed E-state index contributed by atoms with van der Waals surface area (Å²) in [6, 6.07) is 8.51. The molecule has 0 fully saturated rings. The van der Waals surface area contributed by atoms with Crippen LogP contribution >= 0.6 is 39.1 Å². The Morgan fingerprint density at radius 2 is 1.87 bits per heavy atom. The smallest absolute Gasteiger partial charge is 0.337 e. The molecule has 2 rings (SSSR count). The molecule has 0 atom stereocenters. The van der Waals surface area contributed by atoms with Gasteiger partial charge in [-0.25, -0.2) is 4.79 Å². The molecule has 0 radical (unpaired) electrons. The van der Waals surface area contributed by atoms with Crippen LogP contribution in [0, 0.1) is 0 Å². The molecule has 1 aromatic heterocycles. The lowest BCUT2D eigenvalue weighted by atomic mass is 10.1. The Labute approximate surface area is 152 Å². The number of alkyl halides is 1. The lowest BCUT2D eigenvalue weighted by Gasteiger charge is -2.13. The van der Waals surface area contributed by atoms with Gasteiger partial charge in [-0.2, -0.15) is 0 Å². The van der Waals surface area contributed by atoms with E-state index in [0.717, 1.165) is 5.56 Å². The summed E-state index contributed by atoms with van der Waals surface area (Å²) in [5.74, 6) is -0.379. The lowest BCUT2D eigenvalue weighted by molar-refractivity contribution is 0.0600. The largest absolute Gasteiger partial charge is 0.465 e. The Kier molecular flexibility index (Phi) is 6.27. The summed E-state index contributed by atoms with van der Waals surface area (Å²) in [6.07, 6.45) is 0.609. The van der Waals surface area contributed by atoms with Crippen molar-refractivity contribution in [3.05, 3.63) is 67.6 Å². The summed E-state index contributed by atoms with van der Waals surface area (Å²) in [6.45, 7) is 0.442. The van der Waals surface area contributed by atoms with Crippen LogP contribution in [-0.4, -0.2) is 17.6 Å². The van der Waals surface area contributed by atoms with Crippen LogP contribution in [0.5, 0.6) is 0 Å². The normalized spacial score (nSPS) is 10.6. The minimum Gasteiger partial charge on any atom is -0.465 e. The van der Waals surface area contributed by atoms with E-state index in [2.05, 4.69) is 20.7 Å². The van der Waals surface area contributed by atoms with Crippen molar-refractivity contribution in [1.82, 2.24) is 4.57 Å². The predicted octanol–water partition coefficient (Wildman–Crippen LogP) is 4.08. The Morgan fingerprint density at radius 3 is 2.43 bits per heavy atom. The Balaban J connectivity index is 2.21. The fraction of sp³-hybridized carbons (Fsp3) is 0.250. The lowest BCUT2D eigenvalue weighted by Crippen LogP contribution is -2.24. The first-order valence-electron chi connectivity index (χ1n) is 6.79. The number of carbonyl (C=O) groups is 1. The molecule has 0 amide bonds. The summed E-state index contributed by atoms with van der Waals surface area (Å²) in [7, 11) is 1.34. The van der Waals surface area contributed by atoms with Crippen molar-refractivity contribution in [1.29, 1.82) is 0 Å². The zero-order chi connectivity index (χ0) is 17.0. The summed E-state index contributed by atoms with van der Waals surface area (Å²) >= 11 is 15.4. The molecule has 0 aliphatic heterocycles. The van der Waals surface area contributed by atoms with Crippen LogP contribution in [0.15, 0.2) is 35.1 Å². The maximum atomic E-state index is 12.2. The van der Waals surface area contributed by atoms with Crippen molar-refractivity contribution in [2.45, 2.75) is 18.3 Å². The van der Waals surface area contributed by atoms with Crippen LogP contribution in [-0.2, 0) is 23.0 Å². The zero-order valence-electron chi connectivity index (χ0n) is 12.3. The summed E-state index contributed by atoms with van der Waals surface area (Å²) < 4.78 is 6.22. The van der Waals surface area contributed by atoms with Gasteiger partial charge < -0.3 is 9.30 Å². The molecule has 0 bridgehead atoms. The number of esters is 1. The summed E-state index contributed by atoms with van der Waals surface area (Å²) in [5, 5.41) is 1.01. The maximum Gasteiger partial charge on any atom is 0.337 e. The van der Waals surface area contributed by atoms with E-state index in [-0.39, 0.29) is 16.6 Å². The number of aryl methyl sites for hydroxylation is 1. The molecule has 0 aliphatic rings. The molecule has 0 saturated carbocycles. The van der Waals surface area contributed by atoms with E-state index in [1.165, 1.54) is 13.2 Å². The molecular formula is C16H14BrCl2NO3. The van der Waals surface area contributed by atoms with Gasteiger partial charge in [0.2, 0.25) is 0 Å². The molecule has 122 valence electrons. The topological polar surface area (TPSA) is 48.3 Å². The number of benzene rings is 1. The fourth-order valence-electron chi connectivity index (χ4n) is 2.18. The number of methoxy groups -OCH3 is 1. The van der Waals surface area contributed by atoms with Gasteiger partial charge in [0.1, 0.15) is 5.02 Å². The molecular weight excluding hydrogens is 405 g/mol. The monoisotopic (exact) mass is 417 g/mol. The van der Waals surface area contributed by atoms with E-state index in [1.807, 2.05) is 12.1 Å². The molecule has 0 saturated heterocycles. The number of halogens is 3. The van der Waals surface area contributed by atoms with E-state index in [0.29, 0.717) is 34.6 Å². The van der Waals surface area contributed by atoms with Gasteiger partial charge in [0.25, 0.3) is 5.56 Å². The summed E-state index contributed by atoms with van der Waals surface area (Å²) in [4.78, 5) is 23.6. The Morgan fingerprint density at radius 1 is 1.22 bits per heavy atom. The molecule has 1 aromatic carbocycles. The van der Waals surface area contributed by atoms with Gasteiger partial charge >= 0.3 is 5.97 Å². The van der Waals surface area contributed by atoms with Crippen molar-refractivity contribution in [2.75, 3.05) is 7.11 Å². The van der Waals surface area contributed by atoms with E-state index in [4.69, 9.17) is 23.2 Å². The third kappa shape index (κ3) is 4.16. The second-order valence-corrected chi connectivity index (χ2v) is 6.19. The highest BCUT2D eigenvalue weighted by atomic mass is 79.9. The van der Waals surface area contributed by atoms with Crippen molar-refractivity contribution in [3.8, 4) is 0 Å². The highest BCUT2D eigenvalue weighted by Gasteiger charge is 2.12. The number of carbonyl (C=O) groups excluding carboxylic acids is 1. The number of pyridine rings is 1. The molecule has 0 unspecified atom stereocenters. The highest BCUT2D eigenvalue weighted by molar-refractivity contribution is 9.08. The first kappa shape index (κ1) is 18.0. The first-order valence-corrected chi connectivity index (χ1v) is 8.66. The van der Waals surface area contributed by atoms with Gasteiger partial charge in [0.15, 0.2) is 0 Å². The molecule has 7 heteroatoms. The van der Waals surface area contributed by atoms with Crippen LogP contribution in [0.3, 0.4) is 0 Å². The number of nitrogens with zero attached hydrogens (tertiary/aromatic N) is 1. The third-order valence-corrected chi connectivity index (χ3v) is 4.56. The number of hydrogen-bond donors (Lipinski definition) is 0. The maximum absolute atomic E-state index is 12.2. The number of ether oxygens (including phenoxy) is 1. The van der Waals surface area contributed by atoms with Crippen molar-refractivity contribution in [2.24, 2.45) is 0 Å². The number of aromatic nitrogens is 1. The van der Waals surface area contributed by atoms with Gasteiger partial charge in [0.05, 0.1) is 23.4 Å². The third-order valence-electron chi connectivity index (χ3n) is 3.43. The zero-order valence-corrected chi connectivity index (χ0v) is 15.4.